The Kier molecular flexibility index (Phi) is 1.86. The molecule has 1 aromatic heterocycles. The number of fused-ring (bicyclic) bond motifs is 3. The molecule has 1 aromatic carbocycles. The maximum Gasteiger partial charge on any atom is 0.124 e. The number of quaternary nitrogens is 1. The molecule has 1 aliphatic rings. The Balaban J connectivity index is 2.27. The van der Waals surface area contributed by atoms with Crippen molar-refractivity contribution in [2.45, 2.75) is 32.4 Å². The van der Waals surface area contributed by atoms with Gasteiger partial charge in [0.25, 0.3) is 0 Å². The van der Waals surface area contributed by atoms with Crippen LogP contribution >= 0.6 is 0 Å². The highest BCUT2D eigenvalue weighted by Crippen LogP contribution is 2.28. The number of H-pyrrole nitrogens is 1. The van der Waals surface area contributed by atoms with Gasteiger partial charge in [-0.15, -0.1) is 0 Å². The fourth-order valence-electron chi connectivity index (χ4n) is 2.81. The van der Waals surface area contributed by atoms with Crippen molar-refractivity contribution < 1.29 is 5.32 Å². The summed E-state index contributed by atoms with van der Waals surface area (Å²) in [6.07, 6.45) is 1.18. The van der Waals surface area contributed by atoms with Gasteiger partial charge in [-0.2, -0.15) is 0 Å². The third-order valence-electron chi connectivity index (χ3n) is 3.45. The van der Waals surface area contributed by atoms with E-state index in [0.29, 0.717) is 12.1 Å². The Morgan fingerprint density at radius 2 is 2.07 bits per heavy atom. The highest BCUT2D eigenvalue weighted by atomic mass is 15.0. The summed E-state index contributed by atoms with van der Waals surface area (Å²) in [5.74, 6) is 0. The van der Waals surface area contributed by atoms with Gasteiger partial charge in [-0.25, -0.2) is 0 Å². The molecule has 0 spiro atoms. The largest absolute Gasteiger partial charge is 0.353 e. The molecule has 0 bridgehead atoms. The molecule has 0 radical (unpaired) electrons. The van der Waals surface area contributed by atoms with Gasteiger partial charge < -0.3 is 10.3 Å². The summed E-state index contributed by atoms with van der Waals surface area (Å²) < 4.78 is 0. The first-order valence-electron chi connectivity index (χ1n) is 5.70. The molecule has 2 atom stereocenters. The van der Waals surface area contributed by atoms with Crippen molar-refractivity contribution in [3.05, 3.63) is 35.5 Å². The molecule has 0 unspecified atom stereocenters. The van der Waals surface area contributed by atoms with Gasteiger partial charge in [0.1, 0.15) is 6.04 Å². The quantitative estimate of drug-likeness (QED) is 0.651. The van der Waals surface area contributed by atoms with E-state index in [-0.39, 0.29) is 0 Å². The van der Waals surface area contributed by atoms with Crippen molar-refractivity contribution in [1.82, 2.24) is 4.98 Å². The minimum Gasteiger partial charge on any atom is -0.353 e. The third kappa shape index (κ3) is 1.29. The molecule has 0 aliphatic carbocycles. The Morgan fingerprint density at radius 3 is 2.93 bits per heavy atom. The van der Waals surface area contributed by atoms with Gasteiger partial charge in [0.15, 0.2) is 0 Å². The Morgan fingerprint density at radius 1 is 1.27 bits per heavy atom. The molecule has 3 rings (SSSR count). The van der Waals surface area contributed by atoms with Crippen LogP contribution in [0.4, 0.5) is 0 Å². The van der Waals surface area contributed by atoms with Crippen LogP contribution in [0, 0.1) is 0 Å². The van der Waals surface area contributed by atoms with Crippen LogP contribution in [0.1, 0.15) is 31.1 Å². The van der Waals surface area contributed by atoms with E-state index in [1.54, 1.807) is 0 Å². The van der Waals surface area contributed by atoms with Crippen LogP contribution in [0.2, 0.25) is 0 Å². The second-order valence-corrected chi connectivity index (χ2v) is 4.73. The molecule has 3 N–H and O–H groups in total. The van der Waals surface area contributed by atoms with E-state index in [1.807, 2.05) is 0 Å². The summed E-state index contributed by atoms with van der Waals surface area (Å²) in [4.78, 5) is 3.56. The zero-order chi connectivity index (χ0) is 10.4. The van der Waals surface area contributed by atoms with Crippen LogP contribution in [0.3, 0.4) is 0 Å². The molecule has 1 aliphatic heterocycles. The van der Waals surface area contributed by atoms with E-state index in [0.717, 1.165) is 0 Å². The van der Waals surface area contributed by atoms with E-state index in [2.05, 4.69) is 48.4 Å². The monoisotopic (exact) mass is 201 g/mol. The van der Waals surface area contributed by atoms with Gasteiger partial charge in [0.05, 0.1) is 11.7 Å². The van der Waals surface area contributed by atoms with E-state index in [1.165, 1.54) is 28.6 Å². The highest BCUT2D eigenvalue weighted by Gasteiger charge is 2.27. The van der Waals surface area contributed by atoms with E-state index in [9.17, 15) is 0 Å². The molecule has 78 valence electrons. The van der Waals surface area contributed by atoms with Crippen molar-refractivity contribution in [2.75, 3.05) is 0 Å². The van der Waals surface area contributed by atoms with E-state index in [4.69, 9.17) is 0 Å². The molecule has 2 aromatic rings. The van der Waals surface area contributed by atoms with Crippen LogP contribution in [0.15, 0.2) is 24.3 Å². The van der Waals surface area contributed by atoms with E-state index < -0.39 is 0 Å². The number of rotatable bonds is 0. The summed E-state index contributed by atoms with van der Waals surface area (Å²) in [6, 6.07) is 9.90. The van der Waals surface area contributed by atoms with Crippen LogP contribution < -0.4 is 5.32 Å². The van der Waals surface area contributed by atoms with Crippen LogP contribution in [0.5, 0.6) is 0 Å². The van der Waals surface area contributed by atoms with Crippen LogP contribution in [-0.4, -0.2) is 11.0 Å². The normalized spacial score (nSPS) is 25.5. The number of para-hydroxylation sites is 1. The molecule has 0 saturated heterocycles. The van der Waals surface area contributed by atoms with Crippen molar-refractivity contribution >= 4 is 10.9 Å². The predicted molar refractivity (Wildman–Crippen MR) is 61.8 cm³/mol. The van der Waals surface area contributed by atoms with Crippen molar-refractivity contribution in [2.24, 2.45) is 0 Å². The molecule has 2 heteroatoms. The molecule has 0 amide bonds. The van der Waals surface area contributed by atoms with Gasteiger partial charge in [-0.05, 0) is 25.5 Å². The first-order valence-corrected chi connectivity index (χ1v) is 5.70. The Hall–Kier alpha value is -1.28. The molecule has 0 saturated carbocycles. The average molecular weight is 201 g/mol. The molecule has 0 fully saturated rings. The molecular formula is C13H17N2+. The number of nitrogens with one attached hydrogen (secondary N) is 1. The predicted octanol–water partition coefficient (Wildman–Crippen LogP) is 1.74. The number of hydrogen-bond donors (Lipinski definition) is 2. The maximum absolute atomic E-state index is 3.56. The first kappa shape index (κ1) is 8.98. The maximum atomic E-state index is 3.56. The lowest BCUT2D eigenvalue weighted by Gasteiger charge is -2.23. The van der Waals surface area contributed by atoms with Crippen LogP contribution in [0.25, 0.3) is 10.9 Å². The minimum absolute atomic E-state index is 0.566. The summed E-state index contributed by atoms with van der Waals surface area (Å²) >= 11 is 0. The highest BCUT2D eigenvalue weighted by molar-refractivity contribution is 5.84. The number of nitrogens with two attached hydrogens (primary N) is 1. The van der Waals surface area contributed by atoms with Crippen LogP contribution in [-0.2, 0) is 6.42 Å². The lowest BCUT2D eigenvalue weighted by atomic mass is 9.96. The Bertz CT molecular complexity index is 498. The van der Waals surface area contributed by atoms with Crippen molar-refractivity contribution in [1.29, 1.82) is 0 Å². The summed E-state index contributed by atoms with van der Waals surface area (Å²) in [6.45, 7) is 4.59. The fourth-order valence-corrected chi connectivity index (χ4v) is 2.81. The number of hydrogen-bond acceptors (Lipinski definition) is 0. The van der Waals surface area contributed by atoms with Gasteiger partial charge in [0.2, 0.25) is 0 Å². The third-order valence-corrected chi connectivity index (χ3v) is 3.45. The number of aromatic nitrogens is 1. The summed E-state index contributed by atoms with van der Waals surface area (Å²) in [5, 5.41) is 3.86. The minimum atomic E-state index is 0.566. The first-order chi connectivity index (χ1) is 7.25. The lowest BCUT2D eigenvalue weighted by Crippen LogP contribution is -2.91. The Labute approximate surface area is 89.7 Å². The SMILES string of the molecule is C[C@@H]1[NH2+][C@@H](C)Cc2c1[nH]c1ccccc21. The van der Waals surface area contributed by atoms with Gasteiger partial charge in [-0.3, -0.25) is 0 Å². The van der Waals surface area contributed by atoms with Crippen molar-refractivity contribution in [3.8, 4) is 0 Å². The van der Waals surface area contributed by atoms with Gasteiger partial charge in [0, 0.05) is 17.3 Å². The molecular weight excluding hydrogens is 184 g/mol. The average Bonchev–Trinajstić information content (AvgIpc) is 2.57. The van der Waals surface area contributed by atoms with Gasteiger partial charge in [-0.1, -0.05) is 18.2 Å². The summed E-state index contributed by atoms with van der Waals surface area (Å²) in [5.41, 5.74) is 4.25. The number of benzene rings is 1. The fraction of sp³-hybridized carbons (Fsp3) is 0.385. The second-order valence-electron chi connectivity index (χ2n) is 4.73. The molecule has 2 heterocycles. The molecule has 2 nitrogen and oxygen atoms in total. The standard InChI is InChI=1S/C13H16N2/c1-8-7-11-10-5-3-4-6-12(10)15-13(11)9(2)14-8/h3-6,8-9,14-15H,7H2,1-2H3/p+1/t8-,9-/m0/s1. The second kappa shape index (κ2) is 3.11. The number of aromatic amines is 1. The summed E-state index contributed by atoms with van der Waals surface area (Å²) in [7, 11) is 0. The smallest absolute Gasteiger partial charge is 0.124 e. The zero-order valence-corrected chi connectivity index (χ0v) is 9.25. The van der Waals surface area contributed by atoms with Crippen molar-refractivity contribution in [3.63, 3.8) is 0 Å². The topological polar surface area (TPSA) is 32.4 Å². The lowest BCUT2D eigenvalue weighted by molar-refractivity contribution is -0.725. The molecule has 15 heavy (non-hydrogen) atoms. The zero-order valence-electron chi connectivity index (χ0n) is 9.25. The van der Waals surface area contributed by atoms with E-state index >= 15 is 0 Å². The van der Waals surface area contributed by atoms with Gasteiger partial charge >= 0.3 is 0 Å².